The molecule has 0 bridgehead atoms. The Hall–Kier alpha value is -3.18. The van der Waals surface area contributed by atoms with Gasteiger partial charge in [0.25, 0.3) is 0 Å². The van der Waals surface area contributed by atoms with Crippen LogP contribution in [0, 0.1) is 11.3 Å². The van der Waals surface area contributed by atoms with Crippen LogP contribution in [0.1, 0.15) is 11.4 Å². The molecule has 0 spiro atoms. The molecular weight excluding hydrogens is 296 g/mol. The molecule has 116 valence electrons. The van der Waals surface area contributed by atoms with Crippen LogP contribution in [0.5, 0.6) is 5.75 Å². The van der Waals surface area contributed by atoms with E-state index in [4.69, 9.17) is 20.5 Å². The van der Waals surface area contributed by atoms with Gasteiger partial charge in [0.15, 0.2) is 11.5 Å². The lowest BCUT2D eigenvalue weighted by molar-refractivity contribution is 0.181. The second-order valence-electron chi connectivity index (χ2n) is 4.76. The van der Waals surface area contributed by atoms with Gasteiger partial charge in [-0.1, -0.05) is 12.1 Å². The van der Waals surface area contributed by atoms with Gasteiger partial charge in [0.2, 0.25) is 5.69 Å². The van der Waals surface area contributed by atoms with Crippen LogP contribution in [-0.2, 0) is 11.3 Å². The molecule has 3 aromatic rings. The summed E-state index contributed by atoms with van der Waals surface area (Å²) in [6, 6.07) is 9.37. The van der Waals surface area contributed by atoms with Gasteiger partial charge in [-0.2, -0.15) is 14.9 Å². The number of fused-ring (bicyclic) bond motifs is 1. The van der Waals surface area contributed by atoms with E-state index in [-0.39, 0.29) is 18.1 Å². The van der Waals surface area contributed by atoms with Gasteiger partial charge in [-0.15, -0.1) is 10.2 Å². The number of hydrogen-bond acceptors (Lipinski definition) is 7. The van der Waals surface area contributed by atoms with Crippen molar-refractivity contribution < 1.29 is 9.47 Å². The third-order valence-corrected chi connectivity index (χ3v) is 3.41. The van der Waals surface area contributed by atoms with Crippen molar-refractivity contribution in [3.05, 3.63) is 35.7 Å². The Labute approximate surface area is 132 Å². The predicted octanol–water partition coefficient (Wildman–Crippen LogP) is 1.40. The first kappa shape index (κ1) is 14.7. The number of rotatable bonds is 4. The fourth-order valence-electron chi connectivity index (χ4n) is 2.33. The van der Waals surface area contributed by atoms with Gasteiger partial charge < -0.3 is 15.2 Å². The molecule has 0 aliphatic rings. The molecule has 1 aromatic carbocycles. The van der Waals surface area contributed by atoms with Crippen molar-refractivity contribution in [3.8, 4) is 22.9 Å². The van der Waals surface area contributed by atoms with Gasteiger partial charge in [0, 0.05) is 7.11 Å². The molecule has 0 unspecified atom stereocenters. The van der Waals surface area contributed by atoms with Crippen LogP contribution >= 0.6 is 0 Å². The summed E-state index contributed by atoms with van der Waals surface area (Å²) in [4.78, 5) is 0. The minimum Gasteiger partial charge on any atom is -0.497 e. The summed E-state index contributed by atoms with van der Waals surface area (Å²) in [6.45, 7) is 0.284. The zero-order valence-corrected chi connectivity index (χ0v) is 12.6. The molecule has 0 radical (unpaired) electrons. The number of nitriles is 1. The fourth-order valence-corrected chi connectivity index (χ4v) is 2.33. The van der Waals surface area contributed by atoms with Crippen molar-refractivity contribution in [2.75, 3.05) is 20.0 Å². The average molecular weight is 310 g/mol. The van der Waals surface area contributed by atoms with Crippen molar-refractivity contribution in [1.29, 1.82) is 5.26 Å². The van der Waals surface area contributed by atoms with Crippen LogP contribution in [0.15, 0.2) is 24.3 Å². The van der Waals surface area contributed by atoms with E-state index in [0.717, 1.165) is 16.9 Å². The zero-order valence-electron chi connectivity index (χ0n) is 12.6. The molecule has 2 heterocycles. The number of benzene rings is 1. The summed E-state index contributed by atoms with van der Waals surface area (Å²) >= 11 is 0. The van der Waals surface area contributed by atoms with Gasteiger partial charge >= 0.3 is 0 Å². The number of hydrogen-bond donors (Lipinski definition) is 1. The van der Waals surface area contributed by atoms with E-state index >= 15 is 0 Å². The summed E-state index contributed by atoms with van der Waals surface area (Å²) in [6.07, 6.45) is 0. The highest BCUT2D eigenvalue weighted by atomic mass is 16.5. The maximum atomic E-state index is 9.02. The fraction of sp³-hybridized carbons (Fsp3) is 0.200. The van der Waals surface area contributed by atoms with Gasteiger partial charge in [-0.05, 0) is 17.7 Å². The van der Waals surface area contributed by atoms with Crippen molar-refractivity contribution in [1.82, 2.24) is 19.8 Å². The number of methoxy groups -OCH3 is 2. The quantitative estimate of drug-likeness (QED) is 0.775. The number of nitrogens with two attached hydrogens (primary N) is 1. The summed E-state index contributed by atoms with van der Waals surface area (Å²) < 4.78 is 11.8. The van der Waals surface area contributed by atoms with Crippen molar-refractivity contribution in [3.63, 3.8) is 0 Å². The molecule has 0 aliphatic carbocycles. The number of ether oxygens (including phenoxy) is 2. The molecule has 0 fully saturated rings. The summed E-state index contributed by atoms with van der Waals surface area (Å²) in [5, 5.41) is 21.4. The van der Waals surface area contributed by atoms with E-state index in [1.54, 1.807) is 14.2 Å². The van der Waals surface area contributed by atoms with Gasteiger partial charge in [-0.3, -0.25) is 0 Å². The molecular formula is C15H14N6O2. The van der Waals surface area contributed by atoms with Crippen LogP contribution in [0.3, 0.4) is 0 Å². The SMILES string of the molecule is COCc1nn2c(N)c(C#N)nnc2c1-c1ccc(OC)cc1. The highest BCUT2D eigenvalue weighted by Crippen LogP contribution is 2.30. The number of aromatic nitrogens is 4. The summed E-state index contributed by atoms with van der Waals surface area (Å²) in [5.74, 6) is 0.894. The molecule has 23 heavy (non-hydrogen) atoms. The molecule has 0 atom stereocenters. The second-order valence-corrected chi connectivity index (χ2v) is 4.76. The minimum absolute atomic E-state index is 0.0326. The molecule has 0 aliphatic heterocycles. The van der Waals surface area contributed by atoms with Gasteiger partial charge in [-0.25, -0.2) is 0 Å². The zero-order chi connectivity index (χ0) is 16.4. The Morgan fingerprint density at radius 1 is 1.22 bits per heavy atom. The molecule has 8 heteroatoms. The van der Waals surface area contributed by atoms with E-state index in [2.05, 4.69) is 15.3 Å². The Morgan fingerprint density at radius 2 is 1.96 bits per heavy atom. The van der Waals surface area contributed by atoms with Gasteiger partial charge in [0.1, 0.15) is 11.8 Å². The molecule has 0 amide bonds. The Bertz CT molecular complexity index is 895. The van der Waals surface area contributed by atoms with Crippen LogP contribution in [0.4, 0.5) is 5.82 Å². The minimum atomic E-state index is 0.0326. The first-order chi connectivity index (χ1) is 11.2. The molecule has 2 aromatic heterocycles. The standard InChI is InChI=1S/C15H14N6O2/c1-22-8-12-13(9-3-5-10(23-2)6-4-9)15-19-18-11(7-16)14(17)21(15)20-12/h3-6H,8,17H2,1-2H3. The first-order valence-corrected chi connectivity index (χ1v) is 6.76. The molecule has 0 saturated carbocycles. The van der Waals surface area contributed by atoms with E-state index in [9.17, 15) is 0 Å². The largest absolute Gasteiger partial charge is 0.497 e. The van der Waals surface area contributed by atoms with E-state index in [1.807, 2.05) is 30.3 Å². The lowest BCUT2D eigenvalue weighted by atomic mass is 10.1. The molecule has 3 rings (SSSR count). The number of nitrogen functional groups attached to an aromatic ring is 1. The van der Waals surface area contributed by atoms with Crippen LogP contribution in [-0.4, -0.2) is 34.0 Å². The van der Waals surface area contributed by atoms with Crippen LogP contribution < -0.4 is 10.5 Å². The average Bonchev–Trinajstić information content (AvgIpc) is 2.95. The monoisotopic (exact) mass is 310 g/mol. The van der Waals surface area contributed by atoms with Crippen molar-refractivity contribution in [2.45, 2.75) is 6.61 Å². The van der Waals surface area contributed by atoms with Gasteiger partial charge in [0.05, 0.1) is 25.0 Å². The summed E-state index contributed by atoms with van der Waals surface area (Å²) in [7, 11) is 3.19. The Morgan fingerprint density at radius 3 is 2.57 bits per heavy atom. The van der Waals surface area contributed by atoms with Crippen LogP contribution in [0.25, 0.3) is 16.8 Å². The smallest absolute Gasteiger partial charge is 0.205 e. The highest BCUT2D eigenvalue weighted by Gasteiger charge is 2.19. The lowest BCUT2D eigenvalue weighted by Crippen LogP contribution is -2.06. The topological polar surface area (TPSA) is 111 Å². The van der Waals surface area contributed by atoms with Crippen molar-refractivity contribution >= 4 is 11.5 Å². The number of nitrogens with zero attached hydrogens (tertiary/aromatic N) is 5. The van der Waals surface area contributed by atoms with Crippen molar-refractivity contribution in [2.24, 2.45) is 0 Å². The summed E-state index contributed by atoms with van der Waals surface area (Å²) in [5.41, 5.74) is 8.75. The Kier molecular flexibility index (Phi) is 3.78. The lowest BCUT2D eigenvalue weighted by Gasteiger charge is -2.04. The molecule has 2 N–H and O–H groups in total. The second kappa shape index (κ2) is 5.90. The third-order valence-electron chi connectivity index (χ3n) is 3.41. The van der Waals surface area contributed by atoms with E-state index in [0.29, 0.717) is 11.3 Å². The predicted molar refractivity (Wildman–Crippen MR) is 82.6 cm³/mol. The first-order valence-electron chi connectivity index (χ1n) is 6.76. The molecule has 8 nitrogen and oxygen atoms in total. The molecule has 0 saturated heterocycles. The Balaban J connectivity index is 2.26. The maximum absolute atomic E-state index is 9.02. The van der Waals surface area contributed by atoms with E-state index in [1.165, 1.54) is 4.52 Å². The number of anilines is 1. The third kappa shape index (κ3) is 2.43. The van der Waals surface area contributed by atoms with Crippen LogP contribution in [0.2, 0.25) is 0 Å². The maximum Gasteiger partial charge on any atom is 0.205 e. The normalized spacial score (nSPS) is 10.7. The van der Waals surface area contributed by atoms with E-state index < -0.39 is 0 Å². The highest BCUT2D eigenvalue weighted by molar-refractivity contribution is 5.81.